The molecule has 0 aromatic heterocycles. The Bertz CT molecular complexity index is 440. The minimum Gasteiger partial charge on any atom is -0.491 e. The molecule has 1 aromatic rings. The maximum absolute atomic E-state index is 12.1. The van der Waals surface area contributed by atoms with Crippen LogP contribution < -0.4 is 4.74 Å². The third-order valence-electron chi connectivity index (χ3n) is 3.56. The van der Waals surface area contributed by atoms with Crippen LogP contribution in [0.5, 0.6) is 5.75 Å². The van der Waals surface area contributed by atoms with Crippen LogP contribution in [0.4, 0.5) is 0 Å². The zero-order chi connectivity index (χ0) is 15.7. The first kappa shape index (κ1) is 17.7. The van der Waals surface area contributed by atoms with Crippen LogP contribution in [-0.2, 0) is 6.42 Å². The lowest BCUT2D eigenvalue weighted by Gasteiger charge is -2.15. The van der Waals surface area contributed by atoms with Crippen LogP contribution in [0.3, 0.4) is 0 Å². The predicted octanol–water partition coefficient (Wildman–Crippen LogP) is 4.16. The molecule has 21 heavy (non-hydrogen) atoms. The van der Waals surface area contributed by atoms with Gasteiger partial charge < -0.3 is 9.84 Å². The van der Waals surface area contributed by atoms with Crippen molar-refractivity contribution in [3.63, 3.8) is 0 Å². The van der Waals surface area contributed by atoms with E-state index in [4.69, 9.17) is 4.74 Å². The minimum atomic E-state index is -0.440. The van der Waals surface area contributed by atoms with E-state index in [1.54, 1.807) is 0 Å². The van der Waals surface area contributed by atoms with Crippen LogP contribution in [0, 0.1) is 0 Å². The van der Waals surface area contributed by atoms with E-state index in [2.05, 4.69) is 13.8 Å². The van der Waals surface area contributed by atoms with Gasteiger partial charge in [-0.25, -0.2) is 0 Å². The number of ether oxygens (including phenoxy) is 1. The molecular formula is C18H28O3. The number of Topliss-reactive ketones (excluding diaryl/α,β-unsaturated/α-hetero) is 1. The lowest BCUT2D eigenvalue weighted by Crippen LogP contribution is -2.16. The number of rotatable bonds is 10. The zero-order valence-corrected chi connectivity index (χ0v) is 13.5. The van der Waals surface area contributed by atoms with E-state index in [0.717, 1.165) is 42.6 Å². The number of unbranched alkanes of at least 4 members (excludes halogenated alkanes) is 1. The van der Waals surface area contributed by atoms with Crippen molar-refractivity contribution >= 4 is 5.78 Å². The Hall–Kier alpha value is -1.35. The lowest BCUT2D eigenvalue weighted by atomic mass is 10.0. The molecule has 3 heteroatoms. The molecule has 0 bridgehead atoms. The molecule has 1 unspecified atom stereocenters. The first-order valence-corrected chi connectivity index (χ1v) is 8.09. The summed E-state index contributed by atoms with van der Waals surface area (Å²) in [5, 5.41) is 9.60. The Morgan fingerprint density at radius 2 is 2.00 bits per heavy atom. The van der Waals surface area contributed by atoms with Gasteiger partial charge in [0.05, 0.1) is 6.10 Å². The SMILES string of the molecule is CCCCC(=O)c1ccc(OCC(O)CC)c(CCC)c1. The Labute approximate surface area is 128 Å². The average molecular weight is 292 g/mol. The highest BCUT2D eigenvalue weighted by atomic mass is 16.5. The minimum absolute atomic E-state index is 0.203. The second-order valence-corrected chi connectivity index (χ2v) is 5.47. The van der Waals surface area contributed by atoms with Gasteiger partial charge >= 0.3 is 0 Å². The molecule has 0 aliphatic heterocycles. The number of aryl methyl sites for hydroxylation is 1. The summed E-state index contributed by atoms with van der Waals surface area (Å²) in [6.45, 7) is 6.43. The van der Waals surface area contributed by atoms with Crippen LogP contribution in [0.25, 0.3) is 0 Å². The number of carbonyl (C=O) groups excluding carboxylic acids is 1. The number of carbonyl (C=O) groups is 1. The summed E-state index contributed by atoms with van der Waals surface area (Å²) in [4.78, 5) is 12.1. The van der Waals surface area contributed by atoms with E-state index in [-0.39, 0.29) is 5.78 Å². The Kier molecular flexibility index (Phi) is 8.06. The van der Waals surface area contributed by atoms with Crippen molar-refractivity contribution in [3.8, 4) is 5.75 Å². The van der Waals surface area contributed by atoms with Crippen LogP contribution >= 0.6 is 0 Å². The van der Waals surface area contributed by atoms with Crippen molar-refractivity contribution in [1.29, 1.82) is 0 Å². The fraction of sp³-hybridized carbons (Fsp3) is 0.611. The maximum atomic E-state index is 12.1. The number of hydrogen-bond acceptors (Lipinski definition) is 3. The van der Waals surface area contributed by atoms with Gasteiger partial charge in [0.2, 0.25) is 0 Å². The summed E-state index contributed by atoms with van der Waals surface area (Å²) in [6, 6.07) is 5.66. The molecule has 3 nitrogen and oxygen atoms in total. The first-order valence-electron chi connectivity index (χ1n) is 8.09. The van der Waals surface area contributed by atoms with E-state index in [1.165, 1.54) is 0 Å². The number of aliphatic hydroxyl groups is 1. The molecule has 1 aromatic carbocycles. The normalized spacial score (nSPS) is 12.2. The van der Waals surface area contributed by atoms with Gasteiger partial charge in [0, 0.05) is 12.0 Å². The van der Waals surface area contributed by atoms with Crippen molar-refractivity contribution in [2.24, 2.45) is 0 Å². The molecule has 1 N–H and O–H groups in total. The van der Waals surface area contributed by atoms with E-state index < -0.39 is 6.10 Å². The van der Waals surface area contributed by atoms with Crippen molar-refractivity contribution < 1.29 is 14.6 Å². The summed E-state index contributed by atoms with van der Waals surface area (Å²) >= 11 is 0. The smallest absolute Gasteiger partial charge is 0.162 e. The predicted molar refractivity (Wildman–Crippen MR) is 86.1 cm³/mol. The van der Waals surface area contributed by atoms with E-state index in [9.17, 15) is 9.90 Å². The third kappa shape index (κ3) is 5.88. The van der Waals surface area contributed by atoms with Crippen LogP contribution in [-0.4, -0.2) is 23.6 Å². The first-order chi connectivity index (χ1) is 10.1. The fourth-order valence-electron chi connectivity index (χ4n) is 2.14. The highest BCUT2D eigenvalue weighted by molar-refractivity contribution is 5.96. The van der Waals surface area contributed by atoms with Crippen molar-refractivity contribution in [2.45, 2.75) is 65.4 Å². The van der Waals surface area contributed by atoms with Gasteiger partial charge in [-0.15, -0.1) is 0 Å². The van der Waals surface area contributed by atoms with Crippen LogP contribution in [0.1, 0.15) is 68.8 Å². The topological polar surface area (TPSA) is 46.5 Å². The maximum Gasteiger partial charge on any atom is 0.162 e. The van der Waals surface area contributed by atoms with Gasteiger partial charge in [-0.05, 0) is 43.0 Å². The standard InChI is InChI=1S/C18H28O3/c1-4-7-9-17(20)14-10-11-18(15(12-14)8-5-2)21-13-16(19)6-3/h10-12,16,19H,4-9,13H2,1-3H3. The zero-order valence-electron chi connectivity index (χ0n) is 13.5. The second-order valence-electron chi connectivity index (χ2n) is 5.47. The van der Waals surface area contributed by atoms with Gasteiger partial charge in [-0.1, -0.05) is 33.6 Å². The fourth-order valence-corrected chi connectivity index (χ4v) is 2.14. The molecule has 0 fully saturated rings. The largest absolute Gasteiger partial charge is 0.491 e. The van der Waals surface area contributed by atoms with Crippen LogP contribution in [0.2, 0.25) is 0 Å². The lowest BCUT2D eigenvalue weighted by molar-refractivity contribution is 0.0977. The summed E-state index contributed by atoms with van der Waals surface area (Å²) in [5.74, 6) is 0.991. The molecule has 0 heterocycles. The van der Waals surface area contributed by atoms with E-state index in [0.29, 0.717) is 19.4 Å². The molecule has 0 saturated carbocycles. The third-order valence-corrected chi connectivity index (χ3v) is 3.56. The molecule has 0 amide bonds. The number of hydrogen-bond donors (Lipinski definition) is 1. The number of ketones is 1. The second kappa shape index (κ2) is 9.56. The quantitative estimate of drug-likeness (QED) is 0.659. The van der Waals surface area contributed by atoms with Gasteiger partial charge in [0.25, 0.3) is 0 Å². The van der Waals surface area contributed by atoms with Gasteiger partial charge in [-0.3, -0.25) is 4.79 Å². The molecule has 0 aliphatic rings. The molecule has 1 atom stereocenters. The average Bonchev–Trinajstić information content (AvgIpc) is 2.51. The Morgan fingerprint density at radius 1 is 1.24 bits per heavy atom. The highest BCUT2D eigenvalue weighted by Gasteiger charge is 2.11. The molecular weight excluding hydrogens is 264 g/mol. The van der Waals surface area contributed by atoms with Crippen molar-refractivity contribution in [2.75, 3.05) is 6.61 Å². The highest BCUT2D eigenvalue weighted by Crippen LogP contribution is 2.23. The Balaban J connectivity index is 2.82. The Morgan fingerprint density at radius 3 is 2.62 bits per heavy atom. The molecule has 118 valence electrons. The van der Waals surface area contributed by atoms with E-state index in [1.807, 2.05) is 25.1 Å². The number of aliphatic hydroxyl groups excluding tert-OH is 1. The van der Waals surface area contributed by atoms with Gasteiger partial charge in [-0.2, -0.15) is 0 Å². The monoisotopic (exact) mass is 292 g/mol. The molecule has 0 spiro atoms. The summed E-state index contributed by atoms with van der Waals surface area (Å²) in [5.41, 5.74) is 1.83. The van der Waals surface area contributed by atoms with Crippen LogP contribution in [0.15, 0.2) is 18.2 Å². The van der Waals surface area contributed by atoms with Gasteiger partial charge in [0.15, 0.2) is 5.78 Å². The van der Waals surface area contributed by atoms with Crippen molar-refractivity contribution in [1.82, 2.24) is 0 Å². The molecule has 0 saturated heterocycles. The summed E-state index contributed by atoms with van der Waals surface area (Å²) in [6.07, 6.45) is 4.69. The van der Waals surface area contributed by atoms with Gasteiger partial charge in [0.1, 0.15) is 12.4 Å². The molecule has 1 rings (SSSR count). The molecule has 0 radical (unpaired) electrons. The molecule has 0 aliphatic carbocycles. The summed E-state index contributed by atoms with van der Waals surface area (Å²) in [7, 11) is 0. The van der Waals surface area contributed by atoms with E-state index >= 15 is 0 Å². The summed E-state index contributed by atoms with van der Waals surface area (Å²) < 4.78 is 5.70. The number of benzene rings is 1. The van der Waals surface area contributed by atoms with Crippen molar-refractivity contribution in [3.05, 3.63) is 29.3 Å².